The average molecular weight is 288 g/mol. The minimum Gasteiger partial charge on any atom is -0.121 e. The standard InChI is InChI=1S/C7H13PS5/c9-8(10,11)13-12-7-4-5-1-2-6(7)3-5/h5-7H,1-4H2,(H2,9,10,11). The van der Waals surface area contributed by atoms with Crippen molar-refractivity contribution in [1.29, 1.82) is 0 Å². The predicted octanol–water partition coefficient (Wildman–Crippen LogP) is 4.64. The van der Waals surface area contributed by atoms with Crippen molar-refractivity contribution in [2.75, 3.05) is 0 Å². The van der Waals surface area contributed by atoms with Gasteiger partial charge in [-0.2, -0.15) is 0 Å². The molecule has 0 aromatic carbocycles. The fourth-order valence-corrected chi connectivity index (χ4v) is 9.80. The summed E-state index contributed by atoms with van der Waals surface area (Å²) < 4.78 is -1.64. The molecular weight excluding hydrogens is 275 g/mol. The van der Waals surface area contributed by atoms with Gasteiger partial charge in [0.25, 0.3) is 0 Å². The topological polar surface area (TPSA) is 0 Å². The van der Waals surface area contributed by atoms with Crippen LogP contribution in [0.3, 0.4) is 0 Å². The molecule has 13 heavy (non-hydrogen) atoms. The first kappa shape index (κ1) is 11.5. The van der Waals surface area contributed by atoms with E-state index >= 15 is 0 Å². The zero-order valence-electron chi connectivity index (χ0n) is 7.13. The van der Waals surface area contributed by atoms with Gasteiger partial charge in [-0.3, -0.25) is 0 Å². The summed E-state index contributed by atoms with van der Waals surface area (Å²) in [5.74, 6) is 2.01. The molecule has 0 aromatic heterocycles. The van der Waals surface area contributed by atoms with Crippen molar-refractivity contribution in [3.63, 3.8) is 0 Å². The summed E-state index contributed by atoms with van der Waals surface area (Å²) in [5.41, 5.74) is 0. The molecule has 2 saturated carbocycles. The highest BCUT2D eigenvalue weighted by Crippen LogP contribution is 2.73. The van der Waals surface area contributed by atoms with Gasteiger partial charge >= 0.3 is 0 Å². The molecule has 0 heterocycles. The minimum atomic E-state index is -1.64. The largest absolute Gasteiger partial charge is 0.121 e. The van der Waals surface area contributed by atoms with E-state index < -0.39 is 3.64 Å². The maximum Gasteiger partial charge on any atom is 0.113 e. The monoisotopic (exact) mass is 288 g/mol. The van der Waals surface area contributed by atoms with Gasteiger partial charge in [-0.05, 0) is 41.5 Å². The third-order valence-electron chi connectivity index (χ3n) is 2.94. The van der Waals surface area contributed by atoms with Gasteiger partial charge < -0.3 is 0 Å². The van der Waals surface area contributed by atoms with E-state index in [1.807, 2.05) is 10.8 Å². The normalized spacial score (nSPS) is 38.5. The van der Waals surface area contributed by atoms with Gasteiger partial charge in [0.05, 0.1) is 0 Å². The molecule has 0 spiro atoms. The summed E-state index contributed by atoms with van der Waals surface area (Å²) in [4.78, 5) is 0. The van der Waals surface area contributed by atoms with Crippen LogP contribution >= 0.6 is 49.3 Å². The SMILES string of the molecule is S=P(S)(S)SSC1CC2CCC1C2. The predicted molar refractivity (Wildman–Crippen MR) is 76.7 cm³/mol. The Balaban J connectivity index is 1.81. The van der Waals surface area contributed by atoms with E-state index in [2.05, 4.69) is 24.5 Å². The molecule has 0 saturated heterocycles. The minimum absolute atomic E-state index is 0.852. The molecule has 0 aromatic rings. The van der Waals surface area contributed by atoms with Crippen LogP contribution in [-0.4, -0.2) is 5.25 Å². The first-order chi connectivity index (χ1) is 6.04. The van der Waals surface area contributed by atoms with Gasteiger partial charge in [0.1, 0.15) is 3.64 Å². The Bertz CT molecular complexity index is 237. The lowest BCUT2D eigenvalue weighted by molar-refractivity contribution is 0.493. The lowest BCUT2D eigenvalue weighted by Gasteiger charge is -2.21. The molecule has 6 heteroatoms. The van der Waals surface area contributed by atoms with E-state index in [-0.39, 0.29) is 0 Å². The van der Waals surface area contributed by atoms with Gasteiger partial charge in [0.15, 0.2) is 0 Å². The second-order valence-corrected chi connectivity index (χ2v) is 19.9. The number of rotatable bonds is 3. The maximum atomic E-state index is 5.19. The van der Waals surface area contributed by atoms with E-state index in [9.17, 15) is 0 Å². The van der Waals surface area contributed by atoms with Crippen LogP contribution in [0.15, 0.2) is 0 Å². The van der Waals surface area contributed by atoms with Crippen LogP contribution < -0.4 is 0 Å². The molecule has 0 N–H and O–H groups in total. The second kappa shape index (κ2) is 4.50. The van der Waals surface area contributed by atoms with Crippen molar-refractivity contribution >= 4 is 61.2 Å². The molecule has 0 aliphatic heterocycles. The molecule has 2 bridgehead atoms. The highest BCUT2D eigenvalue weighted by Gasteiger charge is 2.40. The highest BCUT2D eigenvalue weighted by atomic mass is 33.6. The van der Waals surface area contributed by atoms with Crippen LogP contribution in [0.1, 0.15) is 25.7 Å². The average Bonchev–Trinajstić information content (AvgIpc) is 2.58. The van der Waals surface area contributed by atoms with Crippen LogP contribution in [0.4, 0.5) is 0 Å². The van der Waals surface area contributed by atoms with Crippen LogP contribution in [0.25, 0.3) is 0 Å². The third-order valence-corrected chi connectivity index (χ3v) is 13.4. The summed E-state index contributed by atoms with van der Waals surface area (Å²) in [6.07, 6.45) is 5.81. The Morgan fingerprint density at radius 1 is 1.23 bits per heavy atom. The van der Waals surface area contributed by atoms with Gasteiger partial charge in [-0.25, -0.2) is 0 Å². The van der Waals surface area contributed by atoms with Crippen LogP contribution in [0.2, 0.25) is 0 Å². The second-order valence-electron chi connectivity index (χ2n) is 3.87. The quantitative estimate of drug-likeness (QED) is 0.441. The Kier molecular flexibility index (Phi) is 4.00. The Labute approximate surface area is 103 Å². The first-order valence-electron chi connectivity index (χ1n) is 4.45. The summed E-state index contributed by atoms with van der Waals surface area (Å²) in [5, 5.41) is 0.852. The fourth-order valence-electron chi connectivity index (χ4n) is 2.42. The highest BCUT2D eigenvalue weighted by molar-refractivity contribution is 9.30. The van der Waals surface area contributed by atoms with E-state index in [0.717, 1.165) is 17.1 Å². The van der Waals surface area contributed by atoms with Crippen LogP contribution in [0.5, 0.6) is 0 Å². The molecule has 2 fully saturated rings. The Hall–Kier alpha value is 2.05. The van der Waals surface area contributed by atoms with Gasteiger partial charge in [-0.15, -0.1) is 24.5 Å². The van der Waals surface area contributed by atoms with E-state index in [1.54, 1.807) is 10.4 Å². The fraction of sp³-hybridized carbons (Fsp3) is 1.00. The smallest absolute Gasteiger partial charge is 0.113 e. The van der Waals surface area contributed by atoms with Gasteiger partial charge in [0, 0.05) is 5.25 Å². The number of hydrogen-bond acceptors (Lipinski definition) is 3. The number of hydrogen-bond donors (Lipinski definition) is 2. The first-order valence-corrected chi connectivity index (χ1v) is 12.4. The Morgan fingerprint density at radius 3 is 2.46 bits per heavy atom. The van der Waals surface area contributed by atoms with Crippen molar-refractivity contribution in [3.8, 4) is 0 Å². The summed E-state index contributed by atoms with van der Waals surface area (Å²) in [6, 6.07) is 0. The molecule has 2 aliphatic carbocycles. The number of fused-ring (bicyclic) bond motifs is 2. The van der Waals surface area contributed by atoms with Crippen molar-refractivity contribution in [2.45, 2.75) is 30.9 Å². The lowest BCUT2D eigenvalue weighted by Crippen LogP contribution is -2.10. The zero-order valence-corrected chi connectivity index (χ0v) is 12.3. The molecule has 3 atom stereocenters. The third kappa shape index (κ3) is 3.25. The molecule has 0 nitrogen and oxygen atoms in total. The van der Waals surface area contributed by atoms with Crippen molar-refractivity contribution < 1.29 is 0 Å². The van der Waals surface area contributed by atoms with Gasteiger partial charge in [-0.1, -0.05) is 29.0 Å². The van der Waals surface area contributed by atoms with Crippen LogP contribution in [-0.2, 0) is 11.8 Å². The summed E-state index contributed by atoms with van der Waals surface area (Å²) in [6.45, 7) is 0. The summed E-state index contributed by atoms with van der Waals surface area (Å²) in [7, 11) is 3.70. The molecule has 0 radical (unpaired) electrons. The molecule has 2 aliphatic rings. The van der Waals surface area contributed by atoms with Crippen molar-refractivity contribution in [1.82, 2.24) is 0 Å². The zero-order chi connectivity index (χ0) is 9.47. The summed E-state index contributed by atoms with van der Waals surface area (Å²) >= 11 is 13.8. The molecule has 76 valence electrons. The molecule has 0 amide bonds. The maximum absolute atomic E-state index is 5.19. The molecule has 3 unspecified atom stereocenters. The van der Waals surface area contributed by atoms with E-state index in [1.165, 1.54) is 25.7 Å². The lowest BCUT2D eigenvalue weighted by atomic mass is 10.0. The Morgan fingerprint density at radius 2 is 2.00 bits per heavy atom. The van der Waals surface area contributed by atoms with Crippen molar-refractivity contribution in [3.05, 3.63) is 0 Å². The molecule has 2 rings (SSSR count). The number of thiol groups is 2. The molecular formula is C7H13PS5. The van der Waals surface area contributed by atoms with Crippen molar-refractivity contribution in [2.24, 2.45) is 11.8 Å². The van der Waals surface area contributed by atoms with Gasteiger partial charge in [0.2, 0.25) is 0 Å². The van der Waals surface area contributed by atoms with E-state index in [4.69, 9.17) is 11.8 Å². The van der Waals surface area contributed by atoms with E-state index in [0.29, 0.717) is 0 Å². The van der Waals surface area contributed by atoms with Crippen LogP contribution in [0, 0.1) is 11.8 Å².